The molecule has 6 nitrogen and oxygen atoms in total. The summed E-state index contributed by atoms with van der Waals surface area (Å²) in [7, 11) is 2.64. The van der Waals surface area contributed by atoms with Gasteiger partial charge in [0, 0.05) is 28.2 Å². The number of ketones is 1. The lowest BCUT2D eigenvalue weighted by Crippen LogP contribution is -2.22. The third kappa shape index (κ3) is 17.2. The first-order chi connectivity index (χ1) is 18.9. The first kappa shape index (κ1) is 34.9. The third-order valence-electron chi connectivity index (χ3n) is 6.85. The van der Waals surface area contributed by atoms with Gasteiger partial charge in [0.05, 0.1) is 26.7 Å². The minimum Gasteiger partial charge on any atom is -0.469 e. The molecular weight excluding hydrogens is 512 g/mol. The summed E-state index contributed by atoms with van der Waals surface area (Å²) in [4.78, 5) is 36.0. The van der Waals surface area contributed by atoms with E-state index in [1.165, 1.54) is 84.5 Å². The predicted molar refractivity (Wildman–Crippen MR) is 159 cm³/mol. The van der Waals surface area contributed by atoms with Gasteiger partial charge in [-0.2, -0.15) is 0 Å². The summed E-state index contributed by atoms with van der Waals surface area (Å²) in [5, 5.41) is 10.9. The molecule has 1 aromatic carbocycles. The van der Waals surface area contributed by atoms with E-state index in [9.17, 15) is 19.5 Å². The molecule has 0 bridgehead atoms. The van der Waals surface area contributed by atoms with Gasteiger partial charge in [0.25, 0.3) is 0 Å². The van der Waals surface area contributed by atoms with Crippen LogP contribution in [0.2, 0.25) is 0 Å². The van der Waals surface area contributed by atoms with Gasteiger partial charge in [-0.3, -0.25) is 9.59 Å². The fraction of sp³-hybridized carbons (Fsp3) is 0.656. The van der Waals surface area contributed by atoms with Crippen LogP contribution in [0.1, 0.15) is 120 Å². The summed E-state index contributed by atoms with van der Waals surface area (Å²) in [6.07, 6.45) is 19.3. The molecule has 0 aliphatic carbocycles. The van der Waals surface area contributed by atoms with Crippen molar-refractivity contribution in [2.45, 2.75) is 126 Å². The lowest BCUT2D eigenvalue weighted by Gasteiger charge is -2.22. The summed E-state index contributed by atoms with van der Waals surface area (Å²) in [5.74, 6) is -0.927. The standard InChI is InChI=1S/C32H50O6S/c1-4-5-6-7-8-9-10-11-12-13-14-15-18-30(29(34)17-16-19-31(35)37-2)39-27-22-20-26(21-23-27)28(33)24-25-32(36)38-3/h16,19-23,29-30,34H,4-15,17-18,24-25H2,1-3H3/t29-,30+/m0/s1. The van der Waals surface area contributed by atoms with Crippen molar-refractivity contribution in [3.8, 4) is 0 Å². The Morgan fingerprint density at radius 1 is 0.821 bits per heavy atom. The Bertz CT molecular complexity index is 836. The molecule has 2 atom stereocenters. The van der Waals surface area contributed by atoms with Crippen molar-refractivity contribution in [2.75, 3.05) is 14.2 Å². The zero-order valence-corrected chi connectivity index (χ0v) is 25.1. The molecular formula is C32H50O6S. The van der Waals surface area contributed by atoms with E-state index in [1.807, 2.05) is 12.1 Å². The zero-order valence-electron chi connectivity index (χ0n) is 24.3. The Hall–Kier alpha value is -2.12. The van der Waals surface area contributed by atoms with Crippen LogP contribution in [0.25, 0.3) is 0 Å². The molecule has 0 radical (unpaired) electrons. The average molecular weight is 563 g/mol. The molecule has 0 heterocycles. The normalized spacial score (nSPS) is 12.8. The summed E-state index contributed by atoms with van der Waals surface area (Å²) in [6.45, 7) is 2.25. The summed E-state index contributed by atoms with van der Waals surface area (Å²) >= 11 is 1.60. The van der Waals surface area contributed by atoms with Gasteiger partial charge in [-0.05, 0) is 25.0 Å². The van der Waals surface area contributed by atoms with Crippen molar-refractivity contribution >= 4 is 29.5 Å². The number of hydrogen-bond acceptors (Lipinski definition) is 7. The Labute approximate surface area is 240 Å². The number of esters is 2. The Kier molecular flexibility index (Phi) is 20.3. The lowest BCUT2D eigenvalue weighted by atomic mass is 10.0. The number of hydrogen-bond donors (Lipinski definition) is 1. The van der Waals surface area contributed by atoms with Crippen LogP contribution in [0.3, 0.4) is 0 Å². The zero-order chi connectivity index (χ0) is 28.7. The number of benzene rings is 1. The molecule has 0 aromatic heterocycles. The van der Waals surface area contributed by atoms with Crippen LogP contribution in [-0.2, 0) is 19.1 Å². The molecule has 0 spiro atoms. The first-order valence-corrected chi connectivity index (χ1v) is 15.6. The maximum atomic E-state index is 12.3. The number of aliphatic hydroxyl groups is 1. The van der Waals surface area contributed by atoms with Crippen molar-refractivity contribution in [1.82, 2.24) is 0 Å². The fourth-order valence-electron chi connectivity index (χ4n) is 4.40. The molecule has 0 saturated carbocycles. The number of aliphatic hydroxyl groups excluding tert-OH is 1. The minimum atomic E-state index is -0.607. The van der Waals surface area contributed by atoms with Gasteiger partial charge in [0.2, 0.25) is 0 Å². The third-order valence-corrected chi connectivity index (χ3v) is 8.25. The van der Waals surface area contributed by atoms with E-state index in [0.29, 0.717) is 12.0 Å². The number of carbonyl (C=O) groups excluding carboxylic acids is 3. The van der Waals surface area contributed by atoms with Crippen LogP contribution in [-0.4, -0.2) is 48.4 Å². The molecule has 1 rings (SSSR count). The fourth-order valence-corrected chi connectivity index (χ4v) is 5.59. The summed E-state index contributed by atoms with van der Waals surface area (Å²) < 4.78 is 9.24. The van der Waals surface area contributed by atoms with Crippen molar-refractivity contribution < 1.29 is 29.0 Å². The van der Waals surface area contributed by atoms with E-state index in [-0.39, 0.29) is 23.9 Å². The van der Waals surface area contributed by atoms with Gasteiger partial charge in [-0.15, -0.1) is 11.8 Å². The number of ether oxygens (including phenoxy) is 2. The quantitative estimate of drug-likeness (QED) is 0.0477. The molecule has 0 fully saturated rings. The molecule has 0 unspecified atom stereocenters. The van der Waals surface area contributed by atoms with E-state index in [1.54, 1.807) is 30.0 Å². The Morgan fingerprint density at radius 3 is 1.92 bits per heavy atom. The second-order valence-electron chi connectivity index (χ2n) is 10.1. The highest BCUT2D eigenvalue weighted by Gasteiger charge is 2.20. The van der Waals surface area contributed by atoms with Gasteiger partial charge in [0.15, 0.2) is 5.78 Å². The van der Waals surface area contributed by atoms with Crippen molar-refractivity contribution in [1.29, 1.82) is 0 Å². The number of unbranched alkanes of at least 4 members (excludes halogenated alkanes) is 11. The van der Waals surface area contributed by atoms with Gasteiger partial charge >= 0.3 is 11.9 Å². The second-order valence-corrected chi connectivity index (χ2v) is 11.4. The highest BCUT2D eigenvalue weighted by molar-refractivity contribution is 8.00. The van der Waals surface area contributed by atoms with Gasteiger partial charge in [-0.25, -0.2) is 4.79 Å². The van der Waals surface area contributed by atoms with E-state index < -0.39 is 18.0 Å². The molecule has 39 heavy (non-hydrogen) atoms. The minimum absolute atomic E-state index is 0.0312. The molecule has 0 aliphatic heterocycles. The van der Waals surface area contributed by atoms with Crippen LogP contribution in [0.5, 0.6) is 0 Å². The van der Waals surface area contributed by atoms with Crippen molar-refractivity contribution in [3.05, 3.63) is 42.0 Å². The molecule has 7 heteroatoms. The SMILES string of the molecule is CCCCCCCCCCCCCC[C@@H](Sc1ccc(C(=O)CCC(=O)OC)cc1)[C@@H](O)CC=CC(=O)OC. The molecule has 220 valence electrons. The van der Waals surface area contributed by atoms with Crippen LogP contribution in [0.15, 0.2) is 41.3 Å². The maximum absolute atomic E-state index is 12.3. The average Bonchev–Trinajstić information content (AvgIpc) is 2.95. The van der Waals surface area contributed by atoms with E-state index in [4.69, 9.17) is 0 Å². The first-order valence-electron chi connectivity index (χ1n) is 14.7. The number of thioether (sulfide) groups is 1. The smallest absolute Gasteiger partial charge is 0.330 e. The van der Waals surface area contributed by atoms with Crippen LogP contribution in [0, 0.1) is 0 Å². The van der Waals surface area contributed by atoms with Gasteiger partial charge in [-0.1, -0.05) is 102 Å². The topological polar surface area (TPSA) is 89.9 Å². The van der Waals surface area contributed by atoms with E-state index >= 15 is 0 Å². The largest absolute Gasteiger partial charge is 0.469 e. The lowest BCUT2D eigenvalue weighted by molar-refractivity contribution is -0.140. The Morgan fingerprint density at radius 2 is 1.38 bits per heavy atom. The maximum Gasteiger partial charge on any atom is 0.330 e. The van der Waals surface area contributed by atoms with Crippen LogP contribution >= 0.6 is 11.8 Å². The molecule has 1 N–H and O–H groups in total. The van der Waals surface area contributed by atoms with Gasteiger partial charge in [0.1, 0.15) is 0 Å². The summed E-state index contributed by atoms with van der Waals surface area (Å²) in [5.41, 5.74) is 0.558. The van der Waals surface area contributed by atoms with E-state index in [2.05, 4.69) is 16.4 Å². The highest BCUT2D eigenvalue weighted by Crippen LogP contribution is 2.31. The second kappa shape index (κ2) is 22.7. The number of carbonyl (C=O) groups is 3. The number of Topliss-reactive ketones (excluding diaryl/α,β-unsaturated/α-hetero) is 1. The van der Waals surface area contributed by atoms with Crippen LogP contribution < -0.4 is 0 Å². The Balaban J connectivity index is 2.53. The number of methoxy groups -OCH3 is 2. The molecule has 0 amide bonds. The van der Waals surface area contributed by atoms with Crippen molar-refractivity contribution in [2.24, 2.45) is 0 Å². The monoisotopic (exact) mass is 562 g/mol. The van der Waals surface area contributed by atoms with Crippen LogP contribution in [0.4, 0.5) is 0 Å². The highest BCUT2D eigenvalue weighted by atomic mass is 32.2. The van der Waals surface area contributed by atoms with E-state index in [0.717, 1.165) is 24.2 Å². The van der Waals surface area contributed by atoms with Crippen molar-refractivity contribution in [3.63, 3.8) is 0 Å². The van der Waals surface area contributed by atoms with Gasteiger partial charge < -0.3 is 14.6 Å². The molecule has 1 aromatic rings. The molecule has 0 aliphatic rings. The summed E-state index contributed by atoms with van der Waals surface area (Å²) in [6, 6.07) is 7.32. The predicted octanol–water partition coefficient (Wildman–Crippen LogP) is 7.85. The molecule has 0 saturated heterocycles. The number of rotatable bonds is 23.